The van der Waals surface area contributed by atoms with E-state index in [1.807, 2.05) is 0 Å². The molecule has 1 rings (SSSR count). The van der Waals surface area contributed by atoms with E-state index in [0.717, 1.165) is 0 Å². The topological polar surface area (TPSA) is 89.6 Å². The molecule has 0 aliphatic carbocycles. The van der Waals surface area contributed by atoms with Crippen LogP contribution in [0.5, 0.6) is 0 Å². The van der Waals surface area contributed by atoms with E-state index in [9.17, 15) is 9.59 Å². The van der Waals surface area contributed by atoms with Crippen molar-refractivity contribution in [3.8, 4) is 0 Å². The van der Waals surface area contributed by atoms with Crippen molar-refractivity contribution in [3.63, 3.8) is 0 Å². The van der Waals surface area contributed by atoms with Gasteiger partial charge in [0.05, 0.1) is 6.61 Å². The lowest BCUT2D eigenvalue weighted by Crippen LogP contribution is -2.11. The van der Waals surface area contributed by atoms with E-state index in [2.05, 4.69) is 9.89 Å². The average molecular weight is 213 g/mol. The van der Waals surface area contributed by atoms with E-state index in [4.69, 9.17) is 9.63 Å². The first-order valence-corrected chi connectivity index (χ1v) is 4.50. The van der Waals surface area contributed by atoms with Gasteiger partial charge in [-0.15, -0.1) is 0 Å². The van der Waals surface area contributed by atoms with Crippen molar-refractivity contribution in [2.45, 2.75) is 20.3 Å². The first kappa shape index (κ1) is 11.2. The second-order valence-corrected chi connectivity index (χ2v) is 2.71. The highest BCUT2D eigenvalue weighted by Gasteiger charge is 2.26. The molecule has 1 aromatic heterocycles. The quantitative estimate of drug-likeness (QED) is 0.753. The minimum Gasteiger partial charge on any atom is -0.477 e. The molecule has 0 spiro atoms. The van der Waals surface area contributed by atoms with Crippen LogP contribution in [0.2, 0.25) is 0 Å². The zero-order valence-corrected chi connectivity index (χ0v) is 8.44. The molecule has 0 fully saturated rings. The van der Waals surface area contributed by atoms with Gasteiger partial charge in [-0.1, -0.05) is 12.1 Å². The van der Waals surface area contributed by atoms with Crippen LogP contribution in [0.3, 0.4) is 0 Å². The van der Waals surface area contributed by atoms with Gasteiger partial charge in [0.15, 0.2) is 5.76 Å². The monoisotopic (exact) mass is 213 g/mol. The summed E-state index contributed by atoms with van der Waals surface area (Å²) in [7, 11) is 0. The van der Waals surface area contributed by atoms with Crippen molar-refractivity contribution >= 4 is 11.9 Å². The summed E-state index contributed by atoms with van der Waals surface area (Å²) in [6, 6.07) is 0. The molecule has 0 unspecified atom stereocenters. The van der Waals surface area contributed by atoms with E-state index in [1.54, 1.807) is 13.8 Å². The predicted molar refractivity (Wildman–Crippen MR) is 48.8 cm³/mol. The molecule has 6 heteroatoms. The summed E-state index contributed by atoms with van der Waals surface area (Å²) in [5, 5.41) is 12.3. The van der Waals surface area contributed by atoms with E-state index in [1.165, 1.54) is 0 Å². The zero-order valence-electron chi connectivity index (χ0n) is 8.44. The van der Waals surface area contributed by atoms with Crippen LogP contribution in [0, 0.1) is 0 Å². The summed E-state index contributed by atoms with van der Waals surface area (Å²) in [6.07, 6.45) is 0.355. The molecule has 0 aromatic carbocycles. The minimum absolute atomic E-state index is 0.159. The van der Waals surface area contributed by atoms with Crippen LogP contribution in [0.25, 0.3) is 0 Å². The van der Waals surface area contributed by atoms with Crippen LogP contribution in [0.15, 0.2) is 4.52 Å². The summed E-state index contributed by atoms with van der Waals surface area (Å²) < 4.78 is 9.39. The first-order chi connectivity index (χ1) is 7.11. The molecule has 15 heavy (non-hydrogen) atoms. The molecule has 0 aliphatic rings. The maximum absolute atomic E-state index is 11.3. The Morgan fingerprint density at radius 1 is 1.47 bits per heavy atom. The van der Waals surface area contributed by atoms with Crippen molar-refractivity contribution in [2.24, 2.45) is 0 Å². The van der Waals surface area contributed by atoms with Gasteiger partial charge in [0, 0.05) is 6.42 Å². The number of nitrogens with zero attached hydrogens (tertiary/aromatic N) is 1. The number of ether oxygens (including phenoxy) is 1. The molecule has 0 saturated heterocycles. The lowest BCUT2D eigenvalue weighted by atomic mass is 10.1. The second-order valence-electron chi connectivity index (χ2n) is 2.71. The minimum atomic E-state index is -1.24. The Kier molecular flexibility index (Phi) is 3.43. The van der Waals surface area contributed by atoms with Gasteiger partial charge in [-0.2, -0.15) is 0 Å². The Bertz CT molecular complexity index is 382. The molecule has 0 atom stereocenters. The Balaban J connectivity index is 3.13. The summed E-state index contributed by atoms with van der Waals surface area (Å²) >= 11 is 0. The Hall–Kier alpha value is -1.85. The highest BCUT2D eigenvalue weighted by molar-refractivity contribution is 6.01. The van der Waals surface area contributed by atoms with E-state index in [-0.39, 0.29) is 23.6 Å². The molecule has 0 saturated carbocycles. The highest BCUT2D eigenvalue weighted by Crippen LogP contribution is 2.15. The molecule has 1 aromatic rings. The largest absolute Gasteiger partial charge is 0.477 e. The van der Waals surface area contributed by atoms with E-state index >= 15 is 0 Å². The standard InChI is InChI=1S/C9H11NO5/c1-3-5-6(8(11)12)7(10-15-5)9(13)14-4-2/h3-4H2,1-2H3,(H,11,12). The average Bonchev–Trinajstić information content (AvgIpc) is 2.61. The Labute approximate surface area is 85.8 Å². The number of carbonyl (C=O) groups excluding carboxylic acids is 1. The van der Waals surface area contributed by atoms with Gasteiger partial charge < -0.3 is 14.4 Å². The third-order valence-electron chi connectivity index (χ3n) is 1.77. The highest BCUT2D eigenvalue weighted by atomic mass is 16.5. The van der Waals surface area contributed by atoms with Crippen LogP contribution in [0.4, 0.5) is 0 Å². The number of aromatic carboxylic acids is 1. The van der Waals surface area contributed by atoms with E-state index < -0.39 is 11.9 Å². The number of aromatic nitrogens is 1. The molecule has 0 radical (unpaired) electrons. The van der Waals surface area contributed by atoms with Gasteiger partial charge in [0.25, 0.3) is 0 Å². The molecule has 6 nitrogen and oxygen atoms in total. The fraction of sp³-hybridized carbons (Fsp3) is 0.444. The van der Waals surface area contributed by atoms with Gasteiger partial charge in [0.1, 0.15) is 5.56 Å². The molecule has 0 bridgehead atoms. The third-order valence-corrected chi connectivity index (χ3v) is 1.77. The van der Waals surface area contributed by atoms with Gasteiger partial charge in [-0.25, -0.2) is 9.59 Å². The van der Waals surface area contributed by atoms with Gasteiger partial charge in [-0.3, -0.25) is 0 Å². The first-order valence-electron chi connectivity index (χ1n) is 4.50. The van der Waals surface area contributed by atoms with Crippen molar-refractivity contribution in [1.82, 2.24) is 5.16 Å². The summed E-state index contributed by atoms with van der Waals surface area (Å²) in [5.74, 6) is -1.85. The number of carboxylic acid groups (broad SMARTS) is 1. The number of hydrogen-bond donors (Lipinski definition) is 1. The van der Waals surface area contributed by atoms with Crippen molar-refractivity contribution in [3.05, 3.63) is 17.0 Å². The van der Waals surface area contributed by atoms with Crippen molar-refractivity contribution < 1.29 is 24.0 Å². The van der Waals surface area contributed by atoms with Gasteiger partial charge >= 0.3 is 11.9 Å². The molecular formula is C9H11NO5. The lowest BCUT2D eigenvalue weighted by molar-refractivity contribution is 0.0504. The SMILES string of the molecule is CCOC(=O)c1noc(CC)c1C(=O)O. The fourth-order valence-corrected chi connectivity index (χ4v) is 1.12. The number of carboxylic acids is 1. The summed E-state index contributed by atoms with van der Waals surface area (Å²) in [4.78, 5) is 22.2. The lowest BCUT2D eigenvalue weighted by Gasteiger charge is -1.98. The summed E-state index contributed by atoms with van der Waals surface area (Å²) in [5.41, 5.74) is -0.489. The number of rotatable bonds is 4. The number of esters is 1. The number of aryl methyl sites for hydroxylation is 1. The molecule has 1 N–H and O–H groups in total. The van der Waals surface area contributed by atoms with Gasteiger partial charge in [-0.05, 0) is 6.92 Å². The third kappa shape index (κ3) is 2.15. The molecule has 0 aliphatic heterocycles. The molecule has 1 heterocycles. The number of carbonyl (C=O) groups is 2. The molecule has 82 valence electrons. The van der Waals surface area contributed by atoms with Crippen LogP contribution in [-0.4, -0.2) is 28.8 Å². The second kappa shape index (κ2) is 4.59. The molecule has 0 amide bonds. The summed E-state index contributed by atoms with van der Waals surface area (Å²) in [6.45, 7) is 3.49. The van der Waals surface area contributed by atoms with E-state index in [0.29, 0.717) is 6.42 Å². The normalized spacial score (nSPS) is 10.0. The van der Waals surface area contributed by atoms with Crippen LogP contribution >= 0.6 is 0 Å². The predicted octanol–water partition coefficient (Wildman–Crippen LogP) is 1.11. The Morgan fingerprint density at radius 3 is 2.60 bits per heavy atom. The smallest absolute Gasteiger partial charge is 0.361 e. The van der Waals surface area contributed by atoms with Crippen molar-refractivity contribution in [2.75, 3.05) is 6.61 Å². The van der Waals surface area contributed by atoms with Gasteiger partial charge in [0.2, 0.25) is 5.69 Å². The fourth-order valence-electron chi connectivity index (χ4n) is 1.12. The number of hydrogen-bond acceptors (Lipinski definition) is 5. The van der Waals surface area contributed by atoms with Crippen LogP contribution < -0.4 is 0 Å². The maximum Gasteiger partial charge on any atom is 0.361 e. The molecular weight excluding hydrogens is 202 g/mol. The van der Waals surface area contributed by atoms with Crippen molar-refractivity contribution in [1.29, 1.82) is 0 Å². The Morgan fingerprint density at radius 2 is 2.13 bits per heavy atom. The van der Waals surface area contributed by atoms with Crippen LogP contribution in [0.1, 0.15) is 40.5 Å². The maximum atomic E-state index is 11.3. The van der Waals surface area contributed by atoms with Crippen LogP contribution in [-0.2, 0) is 11.2 Å². The zero-order chi connectivity index (χ0) is 11.4.